The minimum atomic E-state index is -0.122. The molecule has 1 saturated heterocycles. The zero-order valence-corrected chi connectivity index (χ0v) is 15.9. The van der Waals surface area contributed by atoms with E-state index >= 15 is 0 Å². The van der Waals surface area contributed by atoms with Crippen LogP contribution in [0.15, 0.2) is 66.7 Å². The minimum absolute atomic E-state index is 0.0237. The lowest BCUT2D eigenvalue weighted by Gasteiger charge is -2.35. The van der Waals surface area contributed by atoms with Crippen LogP contribution in [-0.4, -0.2) is 47.9 Å². The maximum atomic E-state index is 13.0. The van der Waals surface area contributed by atoms with E-state index in [2.05, 4.69) is 5.32 Å². The molecule has 1 aliphatic rings. The average Bonchev–Trinajstić information content (AvgIpc) is 2.73. The van der Waals surface area contributed by atoms with Crippen LogP contribution in [0.1, 0.15) is 15.9 Å². The Labute approximate surface area is 164 Å². The van der Waals surface area contributed by atoms with Crippen molar-refractivity contribution in [2.75, 3.05) is 31.5 Å². The summed E-state index contributed by atoms with van der Waals surface area (Å²) in [5.41, 5.74) is 2.61. The fraction of sp³-hybridized carbons (Fsp3) is 0.217. The molecule has 1 N–H and O–H groups in total. The van der Waals surface area contributed by atoms with Crippen LogP contribution in [-0.2, 0) is 0 Å². The van der Waals surface area contributed by atoms with Crippen LogP contribution in [0.3, 0.4) is 0 Å². The van der Waals surface area contributed by atoms with Gasteiger partial charge in [0.25, 0.3) is 5.91 Å². The van der Waals surface area contributed by atoms with Crippen LogP contribution in [0.4, 0.5) is 10.5 Å². The minimum Gasteiger partial charge on any atom is -0.335 e. The zero-order chi connectivity index (χ0) is 19.5. The van der Waals surface area contributed by atoms with Gasteiger partial charge >= 0.3 is 6.03 Å². The van der Waals surface area contributed by atoms with Crippen molar-refractivity contribution in [2.45, 2.75) is 6.92 Å². The molecule has 142 valence electrons. The molecular weight excluding hydrogens is 350 g/mol. The zero-order valence-electron chi connectivity index (χ0n) is 15.9. The van der Waals surface area contributed by atoms with Gasteiger partial charge in [-0.25, -0.2) is 4.79 Å². The number of amides is 3. The first-order valence-corrected chi connectivity index (χ1v) is 9.51. The van der Waals surface area contributed by atoms with Crippen molar-refractivity contribution in [2.24, 2.45) is 0 Å². The van der Waals surface area contributed by atoms with E-state index in [-0.39, 0.29) is 11.9 Å². The van der Waals surface area contributed by atoms with Crippen molar-refractivity contribution < 1.29 is 9.59 Å². The van der Waals surface area contributed by atoms with Gasteiger partial charge in [-0.3, -0.25) is 4.79 Å². The number of carbonyl (C=O) groups is 2. The SMILES string of the molecule is Cc1cccc(NC(=O)N2CCN(C(=O)c3cccc4ccccc34)CC2)c1. The fourth-order valence-electron chi connectivity index (χ4n) is 3.62. The third-order valence-electron chi connectivity index (χ3n) is 5.14. The molecule has 4 rings (SSSR count). The second-order valence-electron chi connectivity index (χ2n) is 7.11. The highest BCUT2D eigenvalue weighted by Crippen LogP contribution is 2.21. The second kappa shape index (κ2) is 7.72. The van der Waals surface area contributed by atoms with E-state index in [1.165, 1.54) is 0 Å². The Morgan fingerprint density at radius 2 is 1.50 bits per heavy atom. The molecule has 0 spiro atoms. The van der Waals surface area contributed by atoms with Gasteiger partial charge in [-0.2, -0.15) is 0 Å². The largest absolute Gasteiger partial charge is 0.335 e. The molecule has 0 aromatic heterocycles. The molecule has 5 nitrogen and oxygen atoms in total. The molecule has 28 heavy (non-hydrogen) atoms. The molecular formula is C23H23N3O2. The number of urea groups is 1. The number of nitrogens with one attached hydrogen (secondary N) is 1. The topological polar surface area (TPSA) is 52.7 Å². The molecule has 3 amide bonds. The Bertz CT molecular complexity index is 1020. The Balaban J connectivity index is 1.41. The molecule has 0 saturated carbocycles. The van der Waals surface area contributed by atoms with E-state index in [1.807, 2.05) is 78.6 Å². The van der Waals surface area contributed by atoms with E-state index in [9.17, 15) is 9.59 Å². The van der Waals surface area contributed by atoms with Crippen molar-refractivity contribution in [3.05, 3.63) is 77.9 Å². The number of hydrogen-bond donors (Lipinski definition) is 1. The lowest BCUT2D eigenvalue weighted by molar-refractivity contribution is 0.0673. The first-order valence-electron chi connectivity index (χ1n) is 9.51. The molecule has 0 radical (unpaired) electrons. The van der Waals surface area contributed by atoms with Crippen LogP contribution in [0.25, 0.3) is 10.8 Å². The molecule has 3 aromatic rings. The summed E-state index contributed by atoms with van der Waals surface area (Å²) in [7, 11) is 0. The number of hydrogen-bond acceptors (Lipinski definition) is 2. The van der Waals surface area contributed by atoms with E-state index < -0.39 is 0 Å². The van der Waals surface area contributed by atoms with Gasteiger partial charge in [0.2, 0.25) is 0 Å². The third-order valence-corrected chi connectivity index (χ3v) is 5.14. The van der Waals surface area contributed by atoms with Gasteiger partial charge in [0, 0.05) is 37.4 Å². The first-order chi connectivity index (χ1) is 13.6. The lowest BCUT2D eigenvalue weighted by atomic mass is 10.0. The fourth-order valence-corrected chi connectivity index (χ4v) is 3.62. The highest BCUT2D eigenvalue weighted by atomic mass is 16.2. The smallest absolute Gasteiger partial charge is 0.321 e. The summed E-state index contributed by atoms with van der Waals surface area (Å²) in [6.07, 6.45) is 0. The van der Waals surface area contributed by atoms with Crippen LogP contribution in [0, 0.1) is 6.92 Å². The maximum absolute atomic E-state index is 13.0. The van der Waals surface area contributed by atoms with Gasteiger partial charge in [-0.05, 0) is 41.5 Å². The number of fused-ring (bicyclic) bond motifs is 1. The van der Waals surface area contributed by atoms with Gasteiger partial charge in [-0.15, -0.1) is 0 Å². The van der Waals surface area contributed by atoms with E-state index in [0.717, 1.165) is 27.6 Å². The molecule has 3 aromatic carbocycles. The van der Waals surface area contributed by atoms with E-state index in [1.54, 1.807) is 4.90 Å². The van der Waals surface area contributed by atoms with Crippen molar-refractivity contribution in [1.82, 2.24) is 9.80 Å². The average molecular weight is 373 g/mol. The standard InChI is InChI=1S/C23H23N3O2/c1-17-6-4-9-19(16-17)24-23(28)26-14-12-25(13-15-26)22(27)21-11-5-8-18-7-2-3-10-20(18)21/h2-11,16H,12-15H2,1H3,(H,24,28). The van der Waals surface area contributed by atoms with Gasteiger partial charge < -0.3 is 15.1 Å². The van der Waals surface area contributed by atoms with Crippen molar-refractivity contribution in [1.29, 1.82) is 0 Å². The number of anilines is 1. The molecule has 5 heteroatoms. The molecule has 1 heterocycles. The summed E-state index contributed by atoms with van der Waals surface area (Å²) in [6, 6.07) is 21.3. The highest BCUT2D eigenvalue weighted by Gasteiger charge is 2.25. The van der Waals surface area contributed by atoms with Gasteiger partial charge in [0.15, 0.2) is 0 Å². The van der Waals surface area contributed by atoms with Gasteiger partial charge in [0.1, 0.15) is 0 Å². The second-order valence-corrected chi connectivity index (χ2v) is 7.11. The molecule has 0 unspecified atom stereocenters. The van der Waals surface area contributed by atoms with Crippen molar-refractivity contribution in [3.8, 4) is 0 Å². The lowest BCUT2D eigenvalue weighted by Crippen LogP contribution is -2.51. The molecule has 0 bridgehead atoms. The highest BCUT2D eigenvalue weighted by molar-refractivity contribution is 6.07. The Hall–Kier alpha value is -3.34. The van der Waals surface area contributed by atoms with Crippen LogP contribution in [0.2, 0.25) is 0 Å². The monoisotopic (exact) mass is 373 g/mol. The number of rotatable bonds is 2. The molecule has 0 atom stereocenters. The predicted molar refractivity (Wildman–Crippen MR) is 112 cm³/mol. The molecule has 1 aliphatic heterocycles. The summed E-state index contributed by atoms with van der Waals surface area (Å²) in [5.74, 6) is 0.0237. The number of benzene rings is 3. The third kappa shape index (κ3) is 3.69. The van der Waals surface area contributed by atoms with Crippen molar-refractivity contribution in [3.63, 3.8) is 0 Å². The Morgan fingerprint density at radius 1 is 0.821 bits per heavy atom. The summed E-state index contributed by atoms with van der Waals surface area (Å²) in [5, 5.41) is 4.96. The van der Waals surface area contributed by atoms with Gasteiger partial charge in [-0.1, -0.05) is 48.5 Å². The molecule has 1 fully saturated rings. The van der Waals surface area contributed by atoms with Gasteiger partial charge in [0.05, 0.1) is 0 Å². The summed E-state index contributed by atoms with van der Waals surface area (Å²) >= 11 is 0. The number of carbonyl (C=O) groups excluding carboxylic acids is 2. The van der Waals surface area contributed by atoms with Crippen LogP contribution >= 0.6 is 0 Å². The Kier molecular flexibility index (Phi) is 4.98. The molecule has 0 aliphatic carbocycles. The quantitative estimate of drug-likeness (QED) is 0.734. The predicted octanol–water partition coefficient (Wildman–Crippen LogP) is 4.14. The van der Waals surface area contributed by atoms with E-state index in [0.29, 0.717) is 26.2 Å². The normalized spacial score (nSPS) is 14.2. The van der Waals surface area contributed by atoms with Crippen LogP contribution in [0.5, 0.6) is 0 Å². The first kappa shape index (κ1) is 18.0. The Morgan fingerprint density at radius 3 is 2.29 bits per heavy atom. The van der Waals surface area contributed by atoms with Crippen LogP contribution < -0.4 is 5.32 Å². The summed E-state index contributed by atoms with van der Waals surface area (Å²) in [4.78, 5) is 29.1. The van der Waals surface area contributed by atoms with E-state index in [4.69, 9.17) is 0 Å². The number of aryl methyl sites for hydroxylation is 1. The maximum Gasteiger partial charge on any atom is 0.321 e. The summed E-state index contributed by atoms with van der Waals surface area (Å²) < 4.78 is 0. The number of nitrogens with zero attached hydrogens (tertiary/aromatic N) is 2. The van der Waals surface area contributed by atoms with Crippen molar-refractivity contribution >= 4 is 28.4 Å². The summed E-state index contributed by atoms with van der Waals surface area (Å²) in [6.45, 7) is 4.10. The number of piperazine rings is 1.